The summed E-state index contributed by atoms with van der Waals surface area (Å²) in [5.74, 6) is -0.202. The van der Waals surface area contributed by atoms with Gasteiger partial charge in [0.2, 0.25) is 0 Å². The molecule has 0 fully saturated rings. The summed E-state index contributed by atoms with van der Waals surface area (Å²) in [4.78, 5) is 27.4. The molecule has 2 aromatic rings. The summed E-state index contributed by atoms with van der Waals surface area (Å²) in [5, 5.41) is 16.9. The van der Waals surface area contributed by atoms with Crippen molar-refractivity contribution in [3.05, 3.63) is 69.0 Å². The molecule has 0 spiro atoms. The number of amides is 1. The molecule has 2 aromatic carbocycles. The van der Waals surface area contributed by atoms with E-state index in [0.717, 1.165) is 5.70 Å². The first-order chi connectivity index (χ1) is 17.1. The Morgan fingerprint density at radius 2 is 1.94 bits per heavy atom. The van der Waals surface area contributed by atoms with Crippen LogP contribution in [0.2, 0.25) is 0 Å². The second-order valence-electron chi connectivity index (χ2n) is 9.87. The van der Waals surface area contributed by atoms with Crippen LogP contribution in [0.4, 0.5) is 5.69 Å². The number of anilines is 1. The first-order valence-electron chi connectivity index (χ1n) is 11.9. The Hall–Kier alpha value is -3.26. The maximum Gasteiger partial charge on any atom is 0.254 e. The number of benzene rings is 2. The number of para-hydroxylation sites is 2. The molecule has 0 bridgehead atoms. The van der Waals surface area contributed by atoms with Gasteiger partial charge in [0.15, 0.2) is 17.3 Å². The van der Waals surface area contributed by atoms with E-state index in [1.54, 1.807) is 31.4 Å². The van der Waals surface area contributed by atoms with Crippen LogP contribution in [0.1, 0.15) is 52.0 Å². The zero-order chi connectivity index (χ0) is 26.2. The van der Waals surface area contributed by atoms with E-state index < -0.39 is 5.92 Å². The average molecular weight is 555 g/mol. The Kier molecular flexibility index (Phi) is 7.18. The van der Waals surface area contributed by atoms with Gasteiger partial charge in [-0.3, -0.25) is 9.59 Å². The van der Waals surface area contributed by atoms with E-state index in [4.69, 9.17) is 9.47 Å². The third kappa shape index (κ3) is 4.87. The summed E-state index contributed by atoms with van der Waals surface area (Å²) in [6.07, 6.45) is 1.06. The van der Waals surface area contributed by atoms with E-state index in [1.807, 2.05) is 26.0 Å². The van der Waals surface area contributed by atoms with Crippen LogP contribution in [0, 0.1) is 5.41 Å². The highest BCUT2D eigenvalue weighted by atomic mass is 79.9. The molecule has 0 aromatic heterocycles. The number of carbonyl (C=O) groups is 2. The molecular formula is C28H31BrN2O5. The maximum absolute atomic E-state index is 13.8. The van der Waals surface area contributed by atoms with E-state index in [0.29, 0.717) is 57.8 Å². The summed E-state index contributed by atoms with van der Waals surface area (Å²) in [6, 6.07) is 10.6. The third-order valence-corrected chi connectivity index (χ3v) is 7.13. The molecule has 3 N–H and O–H groups in total. The lowest BCUT2D eigenvalue weighted by molar-refractivity contribution is -0.118. The van der Waals surface area contributed by atoms with Gasteiger partial charge in [-0.2, -0.15) is 0 Å². The second kappa shape index (κ2) is 10.0. The molecule has 0 saturated heterocycles. The SMILES string of the molecule is CCOc1cc([C@@H]2C(C(=O)Nc3ccccc3OC)=C(C)NC3=C2C(=O)CC(C)(C)C3)cc(Br)c1O. The maximum atomic E-state index is 13.8. The van der Waals surface area contributed by atoms with Crippen molar-refractivity contribution in [2.45, 2.75) is 46.5 Å². The summed E-state index contributed by atoms with van der Waals surface area (Å²) in [5.41, 5.74) is 3.50. The molecule has 0 radical (unpaired) electrons. The van der Waals surface area contributed by atoms with Gasteiger partial charge in [0.05, 0.1) is 23.9 Å². The van der Waals surface area contributed by atoms with Crippen LogP contribution in [0.15, 0.2) is 63.4 Å². The molecule has 36 heavy (non-hydrogen) atoms. The number of allylic oxidation sites excluding steroid dienone is 3. The minimum absolute atomic E-state index is 0.00370. The fourth-order valence-electron chi connectivity index (χ4n) is 5.03. The van der Waals surface area contributed by atoms with Crippen LogP contribution < -0.4 is 20.1 Å². The molecule has 1 aliphatic heterocycles. The largest absolute Gasteiger partial charge is 0.503 e. The van der Waals surface area contributed by atoms with Gasteiger partial charge in [-0.1, -0.05) is 26.0 Å². The smallest absolute Gasteiger partial charge is 0.254 e. The number of phenols is 1. The standard InChI is InChI=1S/C28H31BrN2O5/c1-6-36-22-12-16(11-17(29)26(22)33)24-23(27(34)31-18-9-7-8-10-21(18)35-5)15(2)30-19-13-28(3,4)14-20(32)25(19)24/h7-12,24,30,33H,6,13-14H2,1-5H3,(H,31,34)/t24-/m1/s1. The van der Waals surface area contributed by atoms with Gasteiger partial charge in [0.25, 0.3) is 5.91 Å². The van der Waals surface area contributed by atoms with Crippen LogP contribution >= 0.6 is 15.9 Å². The molecule has 190 valence electrons. The lowest BCUT2D eigenvalue weighted by Crippen LogP contribution is -2.39. The number of rotatable bonds is 6. The number of hydrogen-bond acceptors (Lipinski definition) is 6. The Balaban J connectivity index is 1.87. The normalized spacial score (nSPS) is 18.9. The lowest BCUT2D eigenvalue weighted by Gasteiger charge is -2.39. The number of phenolic OH excluding ortho intramolecular Hbond substituents is 1. The molecule has 1 atom stereocenters. The number of methoxy groups -OCH3 is 1. The molecule has 4 rings (SSSR count). The van der Waals surface area contributed by atoms with Crippen molar-refractivity contribution >= 4 is 33.3 Å². The van der Waals surface area contributed by atoms with E-state index in [9.17, 15) is 14.7 Å². The highest BCUT2D eigenvalue weighted by Gasteiger charge is 2.43. The average Bonchev–Trinajstić information content (AvgIpc) is 2.80. The van der Waals surface area contributed by atoms with Crippen LogP contribution in [0.3, 0.4) is 0 Å². The zero-order valence-corrected chi connectivity index (χ0v) is 22.7. The Bertz CT molecular complexity index is 1290. The van der Waals surface area contributed by atoms with Crippen molar-refractivity contribution in [3.63, 3.8) is 0 Å². The van der Waals surface area contributed by atoms with Gasteiger partial charge < -0.3 is 25.2 Å². The monoisotopic (exact) mass is 554 g/mol. The number of Topliss-reactive ketones (excluding diaryl/α,β-unsaturated/α-hetero) is 1. The van der Waals surface area contributed by atoms with Crippen molar-refractivity contribution in [1.82, 2.24) is 5.32 Å². The van der Waals surface area contributed by atoms with Crippen molar-refractivity contribution in [2.75, 3.05) is 19.0 Å². The van der Waals surface area contributed by atoms with E-state index in [2.05, 4.69) is 40.4 Å². The number of ether oxygens (including phenoxy) is 2. The third-order valence-electron chi connectivity index (χ3n) is 6.52. The fraction of sp³-hybridized carbons (Fsp3) is 0.357. The van der Waals surface area contributed by atoms with Crippen LogP contribution in [0.5, 0.6) is 17.2 Å². The van der Waals surface area contributed by atoms with Crippen molar-refractivity contribution < 1.29 is 24.2 Å². The Labute approximate surface area is 219 Å². The lowest BCUT2D eigenvalue weighted by atomic mass is 9.68. The predicted molar refractivity (Wildman–Crippen MR) is 142 cm³/mol. The molecule has 8 heteroatoms. The van der Waals surface area contributed by atoms with E-state index >= 15 is 0 Å². The van der Waals surface area contributed by atoms with Gasteiger partial charge in [-0.05, 0) is 71.4 Å². The molecule has 0 saturated carbocycles. The highest BCUT2D eigenvalue weighted by Crippen LogP contribution is 2.49. The molecule has 7 nitrogen and oxygen atoms in total. The molecule has 0 unspecified atom stereocenters. The van der Waals surface area contributed by atoms with Crippen LogP contribution in [-0.4, -0.2) is 30.5 Å². The summed E-state index contributed by atoms with van der Waals surface area (Å²) in [6.45, 7) is 8.16. The second-order valence-corrected chi connectivity index (χ2v) is 10.7. The number of aromatic hydroxyl groups is 1. The first kappa shape index (κ1) is 25.8. The van der Waals surface area contributed by atoms with Crippen molar-refractivity contribution in [1.29, 1.82) is 0 Å². The Morgan fingerprint density at radius 1 is 1.22 bits per heavy atom. The van der Waals surface area contributed by atoms with E-state index in [1.165, 1.54) is 0 Å². The van der Waals surface area contributed by atoms with Gasteiger partial charge >= 0.3 is 0 Å². The van der Waals surface area contributed by atoms with Crippen molar-refractivity contribution in [2.24, 2.45) is 5.41 Å². The summed E-state index contributed by atoms with van der Waals surface area (Å²) >= 11 is 3.42. The predicted octanol–water partition coefficient (Wildman–Crippen LogP) is 5.80. The van der Waals surface area contributed by atoms with Gasteiger partial charge in [0, 0.05) is 34.9 Å². The summed E-state index contributed by atoms with van der Waals surface area (Å²) in [7, 11) is 1.54. The number of nitrogens with one attached hydrogen (secondary N) is 2. The number of ketones is 1. The minimum Gasteiger partial charge on any atom is -0.503 e. The number of dihydropyridines is 1. The number of hydrogen-bond donors (Lipinski definition) is 3. The van der Waals surface area contributed by atoms with Gasteiger partial charge in [0.1, 0.15) is 5.75 Å². The molecule has 1 aliphatic carbocycles. The minimum atomic E-state index is -0.643. The summed E-state index contributed by atoms with van der Waals surface area (Å²) < 4.78 is 11.5. The topological polar surface area (TPSA) is 96.9 Å². The number of halogens is 1. The quantitative estimate of drug-likeness (QED) is 0.417. The Morgan fingerprint density at radius 3 is 2.64 bits per heavy atom. The molecular weight excluding hydrogens is 524 g/mol. The van der Waals surface area contributed by atoms with Crippen molar-refractivity contribution in [3.8, 4) is 17.2 Å². The zero-order valence-electron chi connectivity index (χ0n) is 21.1. The molecule has 1 amide bonds. The fourth-order valence-corrected chi connectivity index (χ4v) is 5.49. The van der Waals surface area contributed by atoms with Gasteiger partial charge in [-0.25, -0.2) is 0 Å². The molecule has 1 heterocycles. The number of carbonyl (C=O) groups excluding carboxylic acids is 2. The van der Waals surface area contributed by atoms with E-state index in [-0.39, 0.29) is 28.6 Å². The molecule has 2 aliphatic rings. The first-order valence-corrected chi connectivity index (χ1v) is 12.7. The van der Waals surface area contributed by atoms with Crippen LogP contribution in [-0.2, 0) is 9.59 Å². The highest BCUT2D eigenvalue weighted by molar-refractivity contribution is 9.10. The van der Waals surface area contributed by atoms with Crippen LogP contribution in [0.25, 0.3) is 0 Å². The van der Waals surface area contributed by atoms with Gasteiger partial charge in [-0.15, -0.1) is 0 Å².